The van der Waals surface area contributed by atoms with E-state index in [0.717, 1.165) is 17.4 Å². The summed E-state index contributed by atoms with van der Waals surface area (Å²) in [4.78, 5) is 10.4. The average molecular weight is 242 g/mol. The molecule has 2 N–H and O–H groups in total. The van der Waals surface area contributed by atoms with Crippen LogP contribution in [-0.2, 0) is 11.2 Å². The Hall–Kier alpha value is -2.29. The molecule has 0 fully saturated rings. The molecule has 3 nitrogen and oxygen atoms in total. The molecule has 2 aromatic rings. The molecule has 0 aliphatic heterocycles. The van der Waals surface area contributed by atoms with Crippen molar-refractivity contribution in [3.8, 4) is 22.6 Å². The maximum atomic E-state index is 10.4. The van der Waals surface area contributed by atoms with Crippen LogP contribution < -0.4 is 0 Å². The Balaban J connectivity index is 2.38. The van der Waals surface area contributed by atoms with E-state index in [1.807, 2.05) is 18.2 Å². The van der Waals surface area contributed by atoms with Crippen molar-refractivity contribution in [3.05, 3.63) is 48.0 Å². The third-order valence-electron chi connectivity index (χ3n) is 2.83. The number of hydrogen-bond donors (Lipinski definition) is 2. The zero-order chi connectivity index (χ0) is 13.0. The molecule has 0 unspecified atom stereocenters. The lowest BCUT2D eigenvalue weighted by atomic mass is 9.99. The average Bonchev–Trinajstić information content (AvgIpc) is 2.39. The predicted octanol–water partition coefficient (Wildman–Crippen LogP) is 2.90. The number of hydrogen-bond acceptors (Lipinski definition) is 3. The van der Waals surface area contributed by atoms with E-state index in [4.69, 9.17) is 0 Å². The fourth-order valence-electron chi connectivity index (χ4n) is 1.88. The molecule has 0 aliphatic carbocycles. The lowest BCUT2D eigenvalue weighted by molar-refractivity contribution is -0.107. The van der Waals surface area contributed by atoms with Gasteiger partial charge < -0.3 is 15.0 Å². The molecular formula is C15H14O3. The summed E-state index contributed by atoms with van der Waals surface area (Å²) in [5.74, 6) is 0.389. The van der Waals surface area contributed by atoms with E-state index in [-0.39, 0.29) is 11.5 Å². The summed E-state index contributed by atoms with van der Waals surface area (Å²) in [5, 5.41) is 19.4. The van der Waals surface area contributed by atoms with Gasteiger partial charge in [-0.25, -0.2) is 0 Å². The summed E-state index contributed by atoms with van der Waals surface area (Å²) in [6, 6.07) is 12.1. The van der Waals surface area contributed by atoms with E-state index < -0.39 is 0 Å². The highest BCUT2D eigenvalue weighted by Crippen LogP contribution is 2.33. The maximum absolute atomic E-state index is 10.4. The quantitative estimate of drug-likeness (QED) is 0.810. The number of carbonyl (C=O) groups excluding carboxylic acids is 1. The first-order valence-corrected chi connectivity index (χ1v) is 5.76. The van der Waals surface area contributed by atoms with E-state index >= 15 is 0 Å². The van der Waals surface area contributed by atoms with E-state index in [1.165, 1.54) is 0 Å². The summed E-state index contributed by atoms with van der Waals surface area (Å²) in [5.41, 5.74) is 2.30. The van der Waals surface area contributed by atoms with Gasteiger partial charge in [0.1, 0.15) is 17.8 Å². The first kappa shape index (κ1) is 12.2. The summed E-state index contributed by atoms with van der Waals surface area (Å²) >= 11 is 0. The Morgan fingerprint density at radius 1 is 1.00 bits per heavy atom. The van der Waals surface area contributed by atoms with Crippen molar-refractivity contribution in [1.29, 1.82) is 0 Å². The van der Waals surface area contributed by atoms with Crippen molar-refractivity contribution in [2.75, 3.05) is 0 Å². The molecule has 0 radical (unpaired) electrons. The minimum absolute atomic E-state index is 0.190. The number of rotatable bonds is 4. The number of aryl methyl sites for hydroxylation is 1. The largest absolute Gasteiger partial charge is 0.508 e. The zero-order valence-corrected chi connectivity index (χ0v) is 9.84. The van der Waals surface area contributed by atoms with Crippen LogP contribution in [0.25, 0.3) is 11.1 Å². The number of phenolic OH excluding ortho intramolecular Hbond substituents is 2. The molecule has 92 valence electrons. The third-order valence-corrected chi connectivity index (χ3v) is 2.83. The number of aldehydes is 1. The topological polar surface area (TPSA) is 57.5 Å². The van der Waals surface area contributed by atoms with Crippen LogP contribution in [0.2, 0.25) is 0 Å². The number of aromatic hydroxyl groups is 2. The summed E-state index contributed by atoms with van der Waals surface area (Å²) < 4.78 is 0. The molecule has 0 atom stereocenters. The van der Waals surface area contributed by atoms with Gasteiger partial charge in [0.2, 0.25) is 0 Å². The Labute approximate surface area is 105 Å². The van der Waals surface area contributed by atoms with Crippen molar-refractivity contribution in [2.24, 2.45) is 0 Å². The highest BCUT2D eigenvalue weighted by molar-refractivity contribution is 5.72. The second-order valence-corrected chi connectivity index (χ2v) is 4.07. The minimum atomic E-state index is 0.190. The van der Waals surface area contributed by atoms with E-state index in [0.29, 0.717) is 18.4 Å². The second kappa shape index (κ2) is 5.36. The Morgan fingerprint density at radius 3 is 2.39 bits per heavy atom. The molecule has 0 saturated heterocycles. The van der Waals surface area contributed by atoms with Crippen molar-refractivity contribution in [3.63, 3.8) is 0 Å². The van der Waals surface area contributed by atoms with E-state index in [1.54, 1.807) is 24.3 Å². The Morgan fingerprint density at radius 2 is 1.72 bits per heavy atom. The molecule has 0 spiro atoms. The molecule has 0 heterocycles. The van der Waals surface area contributed by atoms with Gasteiger partial charge in [-0.3, -0.25) is 0 Å². The number of para-hydroxylation sites is 1. The van der Waals surface area contributed by atoms with E-state index in [2.05, 4.69) is 0 Å². The van der Waals surface area contributed by atoms with E-state index in [9.17, 15) is 15.0 Å². The van der Waals surface area contributed by atoms with Gasteiger partial charge in [-0.05, 0) is 29.7 Å². The third kappa shape index (κ3) is 2.51. The van der Waals surface area contributed by atoms with Gasteiger partial charge in [0.05, 0.1) is 0 Å². The van der Waals surface area contributed by atoms with Crippen molar-refractivity contribution in [1.82, 2.24) is 0 Å². The van der Waals surface area contributed by atoms with Crippen LogP contribution in [0.15, 0.2) is 42.5 Å². The number of benzene rings is 2. The van der Waals surface area contributed by atoms with Crippen molar-refractivity contribution in [2.45, 2.75) is 12.8 Å². The van der Waals surface area contributed by atoms with Gasteiger partial charge in [0, 0.05) is 12.0 Å². The smallest absolute Gasteiger partial charge is 0.126 e. The summed E-state index contributed by atoms with van der Waals surface area (Å²) in [6.45, 7) is 0. The SMILES string of the molecule is O=CCCc1cccc(-c2ccc(O)cc2)c1O. The maximum Gasteiger partial charge on any atom is 0.126 e. The predicted molar refractivity (Wildman–Crippen MR) is 69.6 cm³/mol. The molecule has 2 aromatic carbocycles. The monoisotopic (exact) mass is 242 g/mol. The lowest BCUT2D eigenvalue weighted by Gasteiger charge is -2.09. The lowest BCUT2D eigenvalue weighted by Crippen LogP contribution is -1.89. The molecule has 3 heteroatoms. The molecule has 18 heavy (non-hydrogen) atoms. The van der Waals surface area contributed by atoms with Crippen LogP contribution in [0.4, 0.5) is 0 Å². The standard InChI is InChI=1S/C15H14O3/c16-10-2-4-12-3-1-5-14(15(12)18)11-6-8-13(17)9-7-11/h1,3,5-10,17-18H,2,4H2. The second-order valence-electron chi connectivity index (χ2n) is 4.07. The van der Waals surface area contributed by atoms with Crippen LogP contribution in [0.1, 0.15) is 12.0 Å². The fourth-order valence-corrected chi connectivity index (χ4v) is 1.88. The highest BCUT2D eigenvalue weighted by atomic mass is 16.3. The van der Waals surface area contributed by atoms with Gasteiger partial charge in [-0.15, -0.1) is 0 Å². The fraction of sp³-hybridized carbons (Fsp3) is 0.133. The summed E-state index contributed by atoms with van der Waals surface area (Å²) in [6.07, 6.45) is 1.76. The van der Waals surface area contributed by atoms with Gasteiger partial charge >= 0.3 is 0 Å². The van der Waals surface area contributed by atoms with Gasteiger partial charge in [0.15, 0.2) is 0 Å². The van der Waals surface area contributed by atoms with Crippen LogP contribution in [0.3, 0.4) is 0 Å². The molecule has 0 bridgehead atoms. The highest BCUT2D eigenvalue weighted by Gasteiger charge is 2.08. The number of carbonyl (C=O) groups is 1. The Kier molecular flexibility index (Phi) is 3.63. The van der Waals surface area contributed by atoms with Gasteiger partial charge in [-0.1, -0.05) is 30.3 Å². The Bertz CT molecular complexity index is 544. The molecular weight excluding hydrogens is 228 g/mol. The molecule has 0 aromatic heterocycles. The molecule has 2 rings (SSSR count). The molecule has 0 amide bonds. The van der Waals surface area contributed by atoms with Crippen molar-refractivity contribution < 1.29 is 15.0 Å². The van der Waals surface area contributed by atoms with Crippen LogP contribution in [0, 0.1) is 0 Å². The zero-order valence-electron chi connectivity index (χ0n) is 9.84. The minimum Gasteiger partial charge on any atom is -0.508 e. The number of phenols is 2. The summed E-state index contributed by atoms with van der Waals surface area (Å²) in [7, 11) is 0. The molecule has 0 aliphatic rings. The van der Waals surface area contributed by atoms with Crippen molar-refractivity contribution >= 4 is 6.29 Å². The van der Waals surface area contributed by atoms with Gasteiger partial charge in [-0.2, -0.15) is 0 Å². The normalized spacial score (nSPS) is 10.2. The molecule has 0 saturated carbocycles. The van der Waals surface area contributed by atoms with Crippen LogP contribution in [-0.4, -0.2) is 16.5 Å². The van der Waals surface area contributed by atoms with Gasteiger partial charge in [0.25, 0.3) is 0 Å². The first-order chi connectivity index (χ1) is 8.72. The van der Waals surface area contributed by atoms with Crippen LogP contribution in [0.5, 0.6) is 11.5 Å². The first-order valence-electron chi connectivity index (χ1n) is 5.76. The van der Waals surface area contributed by atoms with Crippen LogP contribution >= 0.6 is 0 Å².